The van der Waals surface area contributed by atoms with Crippen LogP contribution in [-0.4, -0.2) is 73.7 Å². The number of nitrogens with one attached hydrogen (secondary N) is 2. The quantitative estimate of drug-likeness (QED) is 0.412. The Morgan fingerprint density at radius 2 is 2.18 bits per heavy atom. The van der Waals surface area contributed by atoms with Gasteiger partial charge in [0.2, 0.25) is 0 Å². The first kappa shape index (κ1) is 21.0. The second-order valence-corrected chi connectivity index (χ2v) is 8.74. The summed E-state index contributed by atoms with van der Waals surface area (Å²) >= 11 is 0. The van der Waals surface area contributed by atoms with Gasteiger partial charge in [0.15, 0.2) is 5.65 Å². The molecule has 10 nitrogen and oxygen atoms in total. The zero-order chi connectivity index (χ0) is 23.4. The highest BCUT2D eigenvalue weighted by Crippen LogP contribution is 2.35. The summed E-state index contributed by atoms with van der Waals surface area (Å²) in [5, 5.41) is 21.0. The molecule has 6 rings (SSSR count). The molecular weight excluding hydrogens is 441 g/mol. The third kappa shape index (κ3) is 3.23. The number of nitrogens with zero attached hydrogens (tertiary/aromatic N) is 5. The van der Waals surface area contributed by atoms with Crippen LogP contribution >= 0.6 is 0 Å². The number of carbonyl (C=O) groups is 1. The lowest BCUT2D eigenvalue weighted by molar-refractivity contribution is 0.0448. The van der Waals surface area contributed by atoms with Crippen LogP contribution in [0, 0.1) is 0 Å². The van der Waals surface area contributed by atoms with Crippen LogP contribution in [0.5, 0.6) is 0 Å². The van der Waals surface area contributed by atoms with Gasteiger partial charge in [-0.3, -0.25) is 4.79 Å². The molecular formula is C23H24FN7O3. The van der Waals surface area contributed by atoms with Gasteiger partial charge in [0.05, 0.1) is 43.3 Å². The molecule has 176 valence electrons. The van der Waals surface area contributed by atoms with Gasteiger partial charge in [0, 0.05) is 36.5 Å². The van der Waals surface area contributed by atoms with E-state index >= 15 is 0 Å². The molecule has 4 aromatic heterocycles. The summed E-state index contributed by atoms with van der Waals surface area (Å²) in [6, 6.07) is 4.85. The van der Waals surface area contributed by atoms with Crippen molar-refractivity contribution in [3.63, 3.8) is 0 Å². The second kappa shape index (κ2) is 8.03. The zero-order valence-electron chi connectivity index (χ0n) is 18.5. The number of alkyl halides is 1. The molecule has 1 aliphatic heterocycles. The minimum absolute atomic E-state index is 0.0601. The molecule has 0 aromatic carbocycles. The fraction of sp³-hybridized carbons (Fsp3) is 0.391. The summed E-state index contributed by atoms with van der Waals surface area (Å²) in [7, 11) is 1.76. The van der Waals surface area contributed by atoms with Gasteiger partial charge in [-0.05, 0) is 25.0 Å². The third-order valence-electron chi connectivity index (χ3n) is 6.73. The summed E-state index contributed by atoms with van der Waals surface area (Å²) in [5.41, 5.74) is 2.70. The van der Waals surface area contributed by atoms with Crippen LogP contribution in [-0.2, 0) is 4.74 Å². The summed E-state index contributed by atoms with van der Waals surface area (Å²) < 4.78 is 23.3. The number of halogens is 1. The SMILES string of the molecule is CNc1cc(-c2cn([C@H]3COC[C@H]3F)c3ncccc23)nc2c(C(=O)N[C@@H]3CC[C@@H]3O)cnn12. The number of aromatic nitrogens is 5. The van der Waals surface area contributed by atoms with E-state index in [4.69, 9.17) is 9.72 Å². The first-order chi connectivity index (χ1) is 16.5. The Bertz CT molecular complexity index is 1400. The lowest BCUT2D eigenvalue weighted by Crippen LogP contribution is -2.50. The molecule has 0 unspecified atom stereocenters. The van der Waals surface area contributed by atoms with E-state index in [0.717, 1.165) is 17.4 Å². The van der Waals surface area contributed by atoms with Crippen molar-refractivity contribution < 1.29 is 19.0 Å². The van der Waals surface area contributed by atoms with E-state index in [1.807, 2.05) is 29.0 Å². The molecule has 0 spiro atoms. The number of carbonyl (C=O) groups excluding carboxylic acids is 1. The molecule has 4 aromatic rings. The predicted octanol–water partition coefficient (Wildman–Crippen LogP) is 1.95. The van der Waals surface area contributed by atoms with Crippen molar-refractivity contribution in [2.75, 3.05) is 25.6 Å². The van der Waals surface area contributed by atoms with Crippen LogP contribution in [0.3, 0.4) is 0 Å². The normalized spacial score (nSPS) is 24.4. The zero-order valence-corrected chi connectivity index (χ0v) is 18.5. The van der Waals surface area contributed by atoms with Crippen LogP contribution in [0.25, 0.3) is 27.9 Å². The van der Waals surface area contributed by atoms with Crippen molar-refractivity contribution in [2.45, 2.75) is 37.2 Å². The Morgan fingerprint density at radius 3 is 2.88 bits per heavy atom. The minimum atomic E-state index is -1.12. The molecule has 2 aliphatic rings. The van der Waals surface area contributed by atoms with Crippen molar-refractivity contribution in [2.24, 2.45) is 0 Å². The predicted molar refractivity (Wildman–Crippen MR) is 123 cm³/mol. The van der Waals surface area contributed by atoms with Crippen LogP contribution in [0.2, 0.25) is 0 Å². The van der Waals surface area contributed by atoms with Crippen molar-refractivity contribution in [1.82, 2.24) is 29.5 Å². The van der Waals surface area contributed by atoms with Crippen molar-refractivity contribution in [3.8, 4) is 11.3 Å². The first-order valence-electron chi connectivity index (χ1n) is 11.3. The monoisotopic (exact) mass is 465 g/mol. The Kier molecular flexibility index (Phi) is 4.96. The van der Waals surface area contributed by atoms with Crippen LogP contribution in [0.4, 0.5) is 10.2 Å². The van der Waals surface area contributed by atoms with E-state index < -0.39 is 18.3 Å². The van der Waals surface area contributed by atoms with Crippen molar-refractivity contribution in [3.05, 3.63) is 42.4 Å². The van der Waals surface area contributed by atoms with E-state index in [-0.39, 0.29) is 25.2 Å². The fourth-order valence-corrected chi connectivity index (χ4v) is 4.65. The van der Waals surface area contributed by atoms with Gasteiger partial charge in [-0.15, -0.1) is 0 Å². The van der Waals surface area contributed by atoms with E-state index in [1.54, 1.807) is 17.8 Å². The number of pyridine rings is 1. The number of ether oxygens (including phenoxy) is 1. The second-order valence-electron chi connectivity index (χ2n) is 8.74. The minimum Gasteiger partial charge on any atom is -0.391 e. The van der Waals surface area contributed by atoms with Crippen molar-refractivity contribution in [1.29, 1.82) is 0 Å². The molecule has 5 heterocycles. The van der Waals surface area contributed by atoms with Crippen LogP contribution < -0.4 is 10.6 Å². The Morgan fingerprint density at radius 1 is 1.29 bits per heavy atom. The van der Waals surface area contributed by atoms with Gasteiger partial charge in [0.1, 0.15) is 23.2 Å². The molecule has 34 heavy (non-hydrogen) atoms. The third-order valence-corrected chi connectivity index (χ3v) is 6.73. The van der Waals surface area contributed by atoms with Gasteiger partial charge >= 0.3 is 0 Å². The Balaban J connectivity index is 1.48. The van der Waals surface area contributed by atoms with Crippen LogP contribution in [0.15, 0.2) is 36.8 Å². The van der Waals surface area contributed by atoms with E-state index in [2.05, 4.69) is 20.7 Å². The molecule has 1 amide bonds. The fourth-order valence-electron chi connectivity index (χ4n) is 4.65. The molecule has 0 bridgehead atoms. The van der Waals surface area contributed by atoms with E-state index in [0.29, 0.717) is 34.8 Å². The Hall–Kier alpha value is -3.57. The number of anilines is 1. The van der Waals surface area contributed by atoms with Gasteiger partial charge < -0.3 is 25.0 Å². The lowest BCUT2D eigenvalue weighted by atomic mass is 9.89. The summed E-state index contributed by atoms with van der Waals surface area (Å²) in [4.78, 5) is 22.2. The van der Waals surface area contributed by atoms with Gasteiger partial charge in [-0.25, -0.2) is 14.4 Å². The average Bonchev–Trinajstić information content (AvgIpc) is 3.57. The van der Waals surface area contributed by atoms with Crippen LogP contribution in [0.1, 0.15) is 29.2 Å². The van der Waals surface area contributed by atoms with Gasteiger partial charge in [0.25, 0.3) is 5.91 Å². The van der Waals surface area contributed by atoms with Gasteiger partial charge in [-0.1, -0.05) is 0 Å². The molecule has 1 saturated carbocycles. The molecule has 1 saturated heterocycles. The number of aliphatic hydroxyl groups excluding tert-OH is 1. The molecule has 1 aliphatic carbocycles. The maximum Gasteiger partial charge on any atom is 0.257 e. The lowest BCUT2D eigenvalue weighted by Gasteiger charge is -2.32. The topological polar surface area (TPSA) is 119 Å². The molecule has 4 atom stereocenters. The highest BCUT2D eigenvalue weighted by Gasteiger charge is 2.33. The number of hydrogen-bond acceptors (Lipinski definition) is 7. The van der Waals surface area contributed by atoms with E-state index in [9.17, 15) is 14.3 Å². The van der Waals surface area contributed by atoms with E-state index in [1.165, 1.54) is 6.20 Å². The Labute approximate surface area is 193 Å². The average molecular weight is 465 g/mol. The molecule has 2 fully saturated rings. The highest BCUT2D eigenvalue weighted by molar-refractivity contribution is 6.01. The molecule has 0 radical (unpaired) electrons. The number of aliphatic hydroxyl groups is 1. The largest absolute Gasteiger partial charge is 0.391 e. The number of fused-ring (bicyclic) bond motifs is 2. The first-order valence-corrected chi connectivity index (χ1v) is 11.3. The molecule has 11 heteroatoms. The summed E-state index contributed by atoms with van der Waals surface area (Å²) in [6.07, 6.45) is 4.76. The van der Waals surface area contributed by atoms with Gasteiger partial charge in [-0.2, -0.15) is 9.61 Å². The number of hydrogen-bond donors (Lipinski definition) is 3. The number of amides is 1. The highest BCUT2D eigenvalue weighted by atomic mass is 19.1. The summed E-state index contributed by atoms with van der Waals surface area (Å²) in [5.74, 6) is 0.304. The maximum atomic E-state index is 14.5. The standard InChI is InChI=1S/C23H24FN7O3/c1-25-20-7-17(28-22-13(8-27-31(20)22)23(33)29-16-4-5-19(16)32)14-9-30(18-11-34-10-15(18)24)21-12(14)3-2-6-26-21/h2-3,6-9,15-16,18-19,25,32H,4-5,10-11H2,1H3,(H,29,33)/t15-,16-,18+,19+/m1/s1. The smallest absolute Gasteiger partial charge is 0.257 e. The maximum absolute atomic E-state index is 14.5. The molecule has 3 N–H and O–H groups in total. The van der Waals surface area contributed by atoms with Crippen molar-refractivity contribution >= 4 is 28.4 Å². The summed E-state index contributed by atoms with van der Waals surface area (Å²) in [6.45, 7) is 0.333. The number of rotatable bonds is 5.